The topological polar surface area (TPSA) is 79.9 Å². The number of aryl methyl sites for hydroxylation is 2. The van der Waals surface area contributed by atoms with E-state index < -0.39 is 5.97 Å². The van der Waals surface area contributed by atoms with Gasteiger partial charge >= 0.3 is 11.9 Å². The maximum absolute atomic E-state index is 12.3. The van der Waals surface area contributed by atoms with E-state index in [1.54, 1.807) is 6.07 Å². The molecule has 0 spiro atoms. The smallest absolute Gasteiger partial charge is 0.337 e. The van der Waals surface area contributed by atoms with Crippen LogP contribution in [0.1, 0.15) is 133 Å². The first-order valence-corrected chi connectivity index (χ1v) is 22.8. The SMILES string of the molecule is COC(=O)c1ccc2c(C3CCCCC3)c3n(c2c1)CC(C)N(C)c1cc(C)ccc1-3.Cc1ccc2c(c1)N(C)C(C)Cn1c-2c(C2CCCCC2)c2ccc(C(=O)O)cc21. The van der Waals surface area contributed by atoms with Crippen molar-refractivity contribution < 1.29 is 19.4 Å². The van der Waals surface area contributed by atoms with E-state index in [9.17, 15) is 14.7 Å². The highest BCUT2D eigenvalue weighted by Gasteiger charge is 2.34. The van der Waals surface area contributed by atoms with Crippen LogP contribution in [0.4, 0.5) is 11.4 Å². The molecule has 0 saturated heterocycles. The largest absolute Gasteiger partial charge is 0.478 e. The first-order chi connectivity index (χ1) is 29.4. The van der Waals surface area contributed by atoms with Gasteiger partial charge in [0, 0.05) is 83.6 Å². The molecule has 2 unspecified atom stereocenters. The van der Waals surface area contributed by atoms with Gasteiger partial charge in [-0.3, -0.25) is 0 Å². The molecule has 0 amide bonds. The number of methoxy groups -OCH3 is 1. The number of carbonyl (C=O) groups is 2. The molecule has 2 aromatic heterocycles. The number of aromatic nitrogens is 2. The molecule has 1 N–H and O–H groups in total. The monoisotopic (exact) mass is 818 g/mol. The van der Waals surface area contributed by atoms with Gasteiger partial charge in [-0.15, -0.1) is 0 Å². The van der Waals surface area contributed by atoms with E-state index in [1.165, 1.54) is 138 Å². The lowest BCUT2D eigenvalue weighted by molar-refractivity contribution is 0.0600. The Hall–Kier alpha value is -5.50. The quantitative estimate of drug-likeness (QED) is 0.179. The van der Waals surface area contributed by atoms with Crippen molar-refractivity contribution in [2.75, 3.05) is 31.0 Å². The number of aromatic carboxylic acids is 1. The summed E-state index contributed by atoms with van der Waals surface area (Å²) in [7, 11) is 5.84. The van der Waals surface area contributed by atoms with Crippen molar-refractivity contribution in [1.82, 2.24) is 9.13 Å². The van der Waals surface area contributed by atoms with Crippen LogP contribution in [0.2, 0.25) is 0 Å². The minimum Gasteiger partial charge on any atom is -0.478 e. The van der Waals surface area contributed by atoms with E-state index in [0.717, 1.165) is 24.1 Å². The summed E-state index contributed by atoms with van der Waals surface area (Å²) in [6.45, 7) is 10.6. The normalized spacial score (nSPS) is 19.3. The molecular weight excluding hydrogens is 757 g/mol. The number of likely N-dealkylation sites (N-methyl/N-ethyl adjacent to an activating group) is 2. The summed E-state index contributed by atoms with van der Waals surface area (Å²) in [5, 5.41) is 12.2. The van der Waals surface area contributed by atoms with Crippen molar-refractivity contribution in [1.29, 1.82) is 0 Å². The maximum atomic E-state index is 12.3. The second-order valence-electron chi connectivity index (χ2n) is 18.6. The zero-order valence-electron chi connectivity index (χ0n) is 37.2. The molecule has 6 aromatic rings. The molecule has 4 heterocycles. The molecule has 0 radical (unpaired) electrons. The molecule has 4 aromatic carbocycles. The number of esters is 1. The van der Waals surface area contributed by atoms with E-state index in [1.807, 2.05) is 18.2 Å². The molecule has 2 fully saturated rings. The van der Waals surface area contributed by atoms with Crippen LogP contribution in [-0.2, 0) is 17.8 Å². The Morgan fingerprint density at radius 2 is 1.02 bits per heavy atom. The van der Waals surface area contributed by atoms with Crippen LogP contribution in [0.3, 0.4) is 0 Å². The highest BCUT2D eigenvalue weighted by atomic mass is 16.5. The molecule has 2 atom stereocenters. The first-order valence-electron chi connectivity index (χ1n) is 22.8. The van der Waals surface area contributed by atoms with Crippen LogP contribution in [0, 0.1) is 13.8 Å². The number of carboxylic acids is 1. The fourth-order valence-corrected chi connectivity index (χ4v) is 11.2. The third-order valence-corrected chi connectivity index (χ3v) is 14.7. The van der Waals surface area contributed by atoms with Crippen molar-refractivity contribution in [3.05, 3.63) is 106 Å². The van der Waals surface area contributed by atoms with Gasteiger partial charge in [-0.25, -0.2) is 9.59 Å². The zero-order valence-corrected chi connectivity index (χ0v) is 37.2. The number of carbonyl (C=O) groups excluding carboxylic acids is 1. The summed E-state index contributed by atoms with van der Waals surface area (Å²) in [6.07, 6.45) is 12.8. The van der Waals surface area contributed by atoms with Gasteiger partial charge in [0.1, 0.15) is 0 Å². The first kappa shape index (κ1) is 40.9. The minimum atomic E-state index is -0.860. The van der Waals surface area contributed by atoms with Crippen LogP contribution < -0.4 is 9.80 Å². The predicted octanol–water partition coefficient (Wildman–Crippen LogP) is 12.5. The van der Waals surface area contributed by atoms with Crippen LogP contribution in [-0.4, -0.2) is 59.5 Å². The molecule has 2 aliphatic heterocycles. The van der Waals surface area contributed by atoms with Crippen LogP contribution in [0.25, 0.3) is 44.3 Å². The predicted molar refractivity (Wildman–Crippen MR) is 250 cm³/mol. The van der Waals surface area contributed by atoms with Gasteiger partial charge in [0.15, 0.2) is 0 Å². The fourth-order valence-electron chi connectivity index (χ4n) is 11.2. The molecular formula is C53H62N4O4. The molecule has 318 valence electrons. The van der Waals surface area contributed by atoms with E-state index in [4.69, 9.17) is 4.74 Å². The Morgan fingerprint density at radius 3 is 1.44 bits per heavy atom. The highest BCUT2D eigenvalue weighted by Crippen LogP contribution is 2.50. The van der Waals surface area contributed by atoms with Gasteiger partial charge in [0.2, 0.25) is 0 Å². The van der Waals surface area contributed by atoms with Crippen molar-refractivity contribution in [3.63, 3.8) is 0 Å². The molecule has 10 rings (SSSR count). The summed E-state index contributed by atoms with van der Waals surface area (Å²) in [6, 6.07) is 26.2. The Morgan fingerprint density at radius 1 is 0.590 bits per heavy atom. The molecule has 2 saturated carbocycles. The van der Waals surface area contributed by atoms with E-state index in [0.29, 0.717) is 35.0 Å². The number of hydrogen-bond donors (Lipinski definition) is 1. The molecule has 61 heavy (non-hydrogen) atoms. The maximum Gasteiger partial charge on any atom is 0.337 e. The number of hydrogen-bond acceptors (Lipinski definition) is 5. The van der Waals surface area contributed by atoms with Crippen molar-refractivity contribution in [2.45, 2.75) is 129 Å². The number of benzene rings is 4. The van der Waals surface area contributed by atoms with Gasteiger partial charge in [-0.1, -0.05) is 74.9 Å². The number of anilines is 2. The van der Waals surface area contributed by atoms with Gasteiger partial charge in [-0.2, -0.15) is 0 Å². The summed E-state index contributed by atoms with van der Waals surface area (Å²) in [5.74, 6) is -0.0154. The van der Waals surface area contributed by atoms with E-state index in [2.05, 4.69) is 109 Å². The molecule has 8 heteroatoms. The van der Waals surface area contributed by atoms with Gasteiger partial charge in [-0.05, 0) is 124 Å². The van der Waals surface area contributed by atoms with Crippen molar-refractivity contribution >= 4 is 45.1 Å². The molecule has 4 aliphatic rings. The minimum absolute atomic E-state index is 0.272. The number of ether oxygens (including phenoxy) is 1. The number of rotatable bonds is 4. The number of nitrogens with zero attached hydrogens (tertiary/aromatic N) is 4. The lowest BCUT2D eigenvalue weighted by Gasteiger charge is -2.27. The Labute approximate surface area is 361 Å². The molecule has 0 bridgehead atoms. The van der Waals surface area contributed by atoms with Crippen molar-refractivity contribution in [2.24, 2.45) is 0 Å². The average molecular weight is 819 g/mol. The highest BCUT2D eigenvalue weighted by molar-refractivity contribution is 6.01. The summed E-state index contributed by atoms with van der Waals surface area (Å²) < 4.78 is 9.92. The average Bonchev–Trinajstić information content (AvgIpc) is 3.70. The Bertz CT molecular complexity index is 2660. The third-order valence-electron chi connectivity index (χ3n) is 14.7. The van der Waals surface area contributed by atoms with Crippen LogP contribution >= 0.6 is 0 Å². The second-order valence-corrected chi connectivity index (χ2v) is 18.6. The van der Waals surface area contributed by atoms with Gasteiger partial charge in [0.05, 0.1) is 29.6 Å². The second kappa shape index (κ2) is 16.4. The summed E-state index contributed by atoms with van der Waals surface area (Å²) >= 11 is 0. The fraction of sp³-hybridized carbons (Fsp3) is 0.434. The number of fused-ring (bicyclic) bond motifs is 10. The molecule has 8 nitrogen and oxygen atoms in total. The Kier molecular flexibility index (Phi) is 11.0. The lowest BCUT2D eigenvalue weighted by Crippen LogP contribution is -2.31. The third kappa shape index (κ3) is 7.19. The van der Waals surface area contributed by atoms with E-state index >= 15 is 0 Å². The number of carboxylic acid groups (broad SMARTS) is 1. The van der Waals surface area contributed by atoms with Crippen molar-refractivity contribution in [3.8, 4) is 22.5 Å². The van der Waals surface area contributed by atoms with Gasteiger partial charge in [0.25, 0.3) is 0 Å². The molecule has 2 aliphatic carbocycles. The van der Waals surface area contributed by atoms with E-state index in [-0.39, 0.29) is 5.97 Å². The lowest BCUT2D eigenvalue weighted by atomic mass is 9.81. The standard InChI is InChI=1S/C27H32N2O2.C26H30N2O2/c1-17-10-12-22-23(14-17)28(3)18(2)16-29-24-15-20(27(30)31-4)11-13-21(24)25(26(22)29)19-8-6-5-7-9-19;1-16-9-11-21-22(13-16)27(3)17(2)15-28-23-14-19(26(29)30)10-12-20(23)24(25(21)28)18-7-5-4-6-8-18/h10-15,18-19H,5-9,16H2,1-4H3;9-14,17-18H,4-8,15H2,1-3H3,(H,29,30). The Balaban J connectivity index is 0.000000156. The van der Waals surface area contributed by atoms with Crippen LogP contribution in [0.15, 0.2) is 72.8 Å². The van der Waals surface area contributed by atoms with Crippen LogP contribution in [0.5, 0.6) is 0 Å². The summed E-state index contributed by atoms with van der Waals surface area (Å²) in [5.41, 5.74) is 16.5. The zero-order chi connectivity index (χ0) is 42.7. The van der Waals surface area contributed by atoms with Gasteiger partial charge < -0.3 is 28.8 Å². The summed E-state index contributed by atoms with van der Waals surface area (Å²) in [4.78, 5) is 28.8.